The van der Waals surface area contributed by atoms with Crippen LogP contribution < -0.4 is 15.0 Å². The van der Waals surface area contributed by atoms with Crippen molar-refractivity contribution in [2.24, 2.45) is 10.9 Å². The maximum Gasteiger partial charge on any atom is 0.257 e. The van der Waals surface area contributed by atoms with Gasteiger partial charge in [-0.3, -0.25) is 4.79 Å². The molecule has 1 saturated heterocycles. The van der Waals surface area contributed by atoms with Crippen LogP contribution in [0.5, 0.6) is 5.88 Å². The molecule has 1 atom stereocenters. The SMILES string of the molecule is CN=CC1CCN(c2ccc(C(=O)Nc3cc(F)c4nc(C)cn4c3)c3ncc(OC)nc23)C1. The normalized spacial score (nSPS) is 16.1. The number of rotatable bonds is 5. The van der Waals surface area contributed by atoms with Gasteiger partial charge in [0.2, 0.25) is 5.88 Å². The van der Waals surface area contributed by atoms with Crippen molar-refractivity contribution in [2.45, 2.75) is 13.3 Å². The monoisotopic (exact) mass is 461 g/mol. The fraction of sp³-hybridized carbons (Fsp3) is 0.292. The number of benzene rings is 1. The van der Waals surface area contributed by atoms with Crippen LogP contribution in [-0.2, 0) is 0 Å². The van der Waals surface area contributed by atoms with Crippen LogP contribution in [-0.4, -0.2) is 58.7 Å². The first-order chi connectivity index (χ1) is 16.5. The average molecular weight is 462 g/mol. The summed E-state index contributed by atoms with van der Waals surface area (Å²) in [6.07, 6.45) is 7.76. The molecule has 4 aromatic rings. The number of nitrogens with one attached hydrogen (secondary N) is 1. The third-order valence-corrected chi connectivity index (χ3v) is 5.92. The number of imidazole rings is 1. The molecule has 1 aliphatic heterocycles. The summed E-state index contributed by atoms with van der Waals surface area (Å²) in [5, 5.41) is 2.78. The van der Waals surface area contributed by atoms with Crippen LogP contribution in [0.1, 0.15) is 22.5 Å². The van der Waals surface area contributed by atoms with Gasteiger partial charge in [-0.2, -0.15) is 0 Å². The van der Waals surface area contributed by atoms with Crippen molar-refractivity contribution in [2.75, 3.05) is 37.5 Å². The largest absolute Gasteiger partial charge is 0.480 e. The molecule has 0 bridgehead atoms. The highest BCUT2D eigenvalue weighted by molar-refractivity contribution is 6.13. The summed E-state index contributed by atoms with van der Waals surface area (Å²) in [5.41, 5.74) is 3.44. The Morgan fingerprint density at radius 2 is 2.15 bits per heavy atom. The fourth-order valence-corrected chi connectivity index (χ4v) is 4.39. The van der Waals surface area contributed by atoms with Crippen molar-refractivity contribution in [3.05, 3.63) is 53.9 Å². The molecular weight excluding hydrogens is 437 g/mol. The Balaban J connectivity index is 1.52. The van der Waals surface area contributed by atoms with Gasteiger partial charge in [-0.25, -0.2) is 19.3 Å². The van der Waals surface area contributed by atoms with Gasteiger partial charge in [0.25, 0.3) is 5.91 Å². The van der Waals surface area contributed by atoms with E-state index in [1.807, 2.05) is 12.3 Å². The molecule has 0 saturated carbocycles. The predicted molar refractivity (Wildman–Crippen MR) is 129 cm³/mol. The second-order valence-corrected chi connectivity index (χ2v) is 8.29. The zero-order chi connectivity index (χ0) is 23.8. The lowest BCUT2D eigenvalue weighted by atomic mass is 10.1. The van der Waals surface area contributed by atoms with E-state index >= 15 is 0 Å². The molecule has 0 radical (unpaired) electrons. The van der Waals surface area contributed by atoms with Gasteiger partial charge in [-0.05, 0) is 25.5 Å². The predicted octanol–water partition coefficient (Wildman–Crippen LogP) is 3.51. The van der Waals surface area contributed by atoms with Gasteiger partial charge in [0.1, 0.15) is 11.0 Å². The number of carbonyl (C=O) groups excluding carboxylic acids is 1. The molecule has 9 nitrogen and oxygen atoms in total. The van der Waals surface area contributed by atoms with Crippen LogP contribution in [0.25, 0.3) is 16.7 Å². The number of pyridine rings is 1. The molecule has 174 valence electrons. The lowest BCUT2D eigenvalue weighted by molar-refractivity contribution is 0.102. The number of amides is 1. The van der Waals surface area contributed by atoms with E-state index in [0.717, 1.165) is 25.2 Å². The highest BCUT2D eigenvalue weighted by Crippen LogP contribution is 2.32. The Morgan fingerprint density at radius 3 is 2.94 bits per heavy atom. The molecule has 1 amide bonds. The summed E-state index contributed by atoms with van der Waals surface area (Å²) in [6.45, 7) is 3.43. The molecule has 3 aromatic heterocycles. The Morgan fingerprint density at radius 1 is 1.29 bits per heavy atom. The fourth-order valence-electron chi connectivity index (χ4n) is 4.39. The Hall–Kier alpha value is -4.08. The standard InChI is InChI=1S/C24H24FN7O2/c1-14-11-32-13-16(8-18(25)23(32)28-14)29-24(33)17-4-5-19(31-7-6-15(12-31)9-26-2)22-21(17)27-10-20(30-22)34-3/h4-5,8-11,13,15H,6-7,12H2,1-3H3,(H,29,33). The number of anilines is 2. The van der Waals surface area contributed by atoms with E-state index in [0.29, 0.717) is 39.8 Å². The van der Waals surface area contributed by atoms with Gasteiger partial charge in [0.05, 0.1) is 35.9 Å². The molecule has 1 N–H and O–H groups in total. The van der Waals surface area contributed by atoms with Crippen molar-refractivity contribution in [1.29, 1.82) is 0 Å². The van der Waals surface area contributed by atoms with Crippen LogP contribution in [0.2, 0.25) is 0 Å². The van der Waals surface area contributed by atoms with Crippen LogP contribution in [0.4, 0.5) is 15.8 Å². The molecule has 1 fully saturated rings. The third kappa shape index (κ3) is 3.91. The molecule has 1 unspecified atom stereocenters. The number of halogens is 1. The molecular formula is C24H24FN7O2. The topological polar surface area (TPSA) is 97.0 Å². The lowest BCUT2D eigenvalue weighted by Gasteiger charge is -2.20. The smallest absolute Gasteiger partial charge is 0.257 e. The molecule has 0 spiro atoms. The van der Waals surface area contributed by atoms with E-state index in [2.05, 4.69) is 30.2 Å². The number of fused-ring (bicyclic) bond motifs is 2. The highest BCUT2D eigenvalue weighted by atomic mass is 19.1. The van der Waals surface area contributed by atoms with E-state index in [9.17, 15) is 9.18 Å². The second kappa shape index (κ2) is 8.69. The molecule has 0 aliphatic carbocycles. The zero-order valence-electron chi connectivity index (χ0n) is 19.1. The third-order valence-electron chi connectivity index (χ3n) is 5.92. The van der Waals surface area contributed by atoms with Crippen molar-refractivity contribution < 1.29 is 13.9 Å². The van der Waals surface area contributed by atoms with Crippen LogP contribution in [0.15, 0.2) is 41.8 Å². The van der Waals surface area contributed by atoms with Crippen LogP contribution in [0, 0.1) is 18.7 Å². The minimum atomic E-state index is -0.519. The number of aromatic nitrogens is 4. The highest BCUT2D eigenvalue weighted by Gasteiger charge is 2.25. The summed E-state index contributed by atoms with van der Waals surface area (Å²) >= 11 is 0. The maximum atomic E-state index is 14.5. The number of ether oxygens (including phenoxy) is 1. The molecule has 1 aromatic carbocycles. The van der Waals surface area contributed by atoms with E-state index in [-0.39, 0.29) is 5.65 Å². The first kappa shape index (κ1) is 21.7. The number of aryl methyl sites for hydroxylation is 1. The van der Waals surface area contributed by atoms with Crippen LogP contribution in [0.3, 0.4) is 0 Å². The number of carbonyl (C=O) groups is 1. The van der Waals surface area contributed by atoms with Gasteiger partial charge < -0.3 is 24.3 Å². The van der Waals surface area contributed by atoms with Crippen molar-refractivity contribution >= 4 is 40.2 Å². The molecule has 10 heteroatoms. The number of nitrogens with zero attached hydrogens (tertiary/aromatic N) is 6. The summed E-state index contributed by atoms with van der Waals surface area (Å²) < 4.78 is 21.3. The van der Waals surface area contributed by atoms with E-state index in [1.54, 1.807) is 36.8 Å². The van der Waals surface area contributed by atoms with E-state index < -0.39 is 11.7 Å². The number of aliphatic imine (C=N–C) groups is 1. The summed E-state index contributed by atoms with van der Waals surface area (Å²) in [4.78, 5) is 32.8. The van der Waals surface area contributed by atoms with Crippen LogP contribution >= 0.6 is 0 Å². The number of hydrogen-bond acceptors (Lipinski definition) is 7. The van der Waals surface area contributed by atoms with Crippen molar-refractivity contribution in [3.8, 4) is 5.88 Å². The van der Waals surface area contributed by atoms with E-state index in [1.165, 1.54) is 19.4 Å². The minimum absolute atomic E-state index is 0.209. The molecule has 1 aliphatic rings. The zero-order valence-corrected chi connectivity index (χ0v) is 19.1. The van der Waals surface area contributed by atoms with Gasteiger partial charge in [-0.15, -0.1) is 0 Å². The van der Waals surface area contributed by atoms with Gasteiger partial charge >= 0.3 is 0 Å². The average Bonchev–Trinajstić information content (AvgIpc) is 3.44. The van der Waals surface area contributed by atoms with Gasteiger partial charge in [0.15, 0.2) is 11.5 Å². The minimum Gasteiger partial charge on any atom is -0.480 e. The molecule has 4 heterocycles. The van der Waals surface area contributed by atoms with E-state index in [4.69, 9.17) is 4.74 Å². The lowest BCUT2D eigenvalue weighted by Crippen LogP contribution is -2.21. The first-order valence-corrected chi connectivity index (χ1v) is 10.9. The Bertz CT molecular complexity index is 1430. The summed E-state index contributed by atoms with van der Waals surface area (Å²) in [6, 6.07) is 4.86. The van der Waals surface area contributed by atoms with Crippen molar-refractivity contribution in [1.82, 2.24) is 19.4 Å². The second-order valence-electron chi connectivity index (χ2n) is 8.29. The number of hydrogen-bond donors (Lipinski definition) is 1. The molecule has 34 heavy (non-hydrogen) atoms. The maximum absolute atomic E-state index is 14.5. The van der Waals surface area contributed by atoms with Crippen molar-refractivity contribution in [3.63, 3.8) is 0 Å². The molecule has 5 rings (SSSR count). The van der Waals surface area contributed by atoms with Gasteiger partial charge in [-0.1, -0.05) is 0 Å². The Kier molecular flexibility index (Phi) is 5.56. The van der Waals surface area contributed by atoms with Gasteiger partial charge in [0, 0.05) is 50.7 Å². The Labute approximate surface area is 195 Å². The number of methoxy groups -OCH3 is 1. The summed E-state index contributed by atoms with van der Waals surface area (Å²) in [7, 11) is 3.30. The quantitative estimate of drug-likeness (QED) is 0.457. The first-order valence-electron chi connectivity index (χ1n) is 10.9. The summed E-state index contributed by atoms with van der Waals surface area (Å²) in [5.74, 6) is -0.211.